The Morgan fingerprint density at radius 3 is 2.44 bits per heavy atom. The summed E-state index contributed by atoms with van der Waals surface area (Å²) in [6.45, 7) is 0. The van der Waals surface area contributed by atoms with Crippen molar-refractivity contribution in [3.63, 3.8) is 0 Å². The number of carbonyl (C=O) groups is 1. The van der Waals surface area contributed by atoms with Gasteiger partial charge in [0.1, 0.15) is 6.10 Å². The second-order valence-electron chi connectivity index (χ2n) is 7.53. The van der Waals surface area contributed by atoms with Crippen LogP contribution in [0.4, 0.5) is 9.52 Å². The van der Waals surface area contributed by atoms with Gasteiger partial charge in [-0.05, 0) is 37.8 Å². The van der Waals surface area contributed by atoms with E-state index in [0.29, 0.717) is 36.2 Å². The van der Waals surface area contributed by atoms with Gasteiger partial charge >= 0.3 is 0 Å². The van der Waals surface area contributed by atoms with Crippen molar-refractivity contribution in [1.82, 2.24) is 4.98 Å². The van der Waals surface area contributed by atoms with Gasteiger partial charge in [-0.3, -0.25) is 10.1 Å². The molecule has 11 heteroatoms. The number of carbonyl (C=O) groups excluding carboxylic acids is 1. The Labute approximate surface area is 190 Å². The molecule has 4 rings (SSSR count). The molecule has 0 bridgehead atoms. The minimum Gasteiger partial charge on any atom is -0.392 e. The first kappa shape index (κ1) is 24.3. The van der Waals surface area contributed by atoms with Gasteiger partial charge in [0.05, 0.1) is 22.4 Å². The first-order valence-electron chi connectivity index (χ1n) is 9.90. The summed E-state index contributed by atoms with van der Waals surface area (Å²) in [6, 6.07) is 5.97. The lowest BCUT2D eigenvalue weighted by molar-refractivity contribution is -0.110. The molecule has 2 aliphatic rings. The molecule has 174 valence electrons. The molecule has 32 heavy (non-hydrogen) atoms. The molecule has 0 radical (unpaired) electrons. The molecule has 0 spiro atoms. The number of oxime groups is 1. The highest BCUT2D eigenvalue weighted by molar-refractivity contribution is 7.92. The lowest BCUT2D eigenvalue weighted by atomic mass is 10.1. The number of hydrogen-bond donors (Lipinski definition) is 1. The van der Waals surface area contributed by atoms with E-state index in [-0.39, 0.29) is 40.6 Å². The van der Waals surface area contributed by atoms with E-state index in [1.807, 2.05) is 0 Å². The van der Waals surface area contributed by atoms with E-state index in [2.05, 4.69) is 15.5 Å². The SMILES string of the molecule is C.CO[C@@H]1CC[C@@H](O/N=C(/C(=O)Nc2ncc(F)s2)c2ccc(S(=O)(=O)C3CC3)cc2)C1. The normalized spacial score (nSPS) is 21.1. The molecular weight excluding hydrogens is 457 g/mol. The number of amides is 1. The molecule has 1 aromatic carbocycles. The van der Waals surface area contributed by atoms with Crippen LogP contribution in [0.2, 0.25) is 0 Å². The van der Waals surface area contributed by atoms with E-state index in [1.165, 1.54) is 24.3 Å². The van der Waals surface area contributed by atoms with Crippen LogP contribution in [0.1, 0.15) is 45.1 Å². The fraction of sp³-hybridized carbons (Fsp3) is 0.476. The zero-order valence-corrected chi connectivity index (χ0v) is 18.4. The highest BCUT2D eigenvalue weighted by Gasteiger charge is 2.37. The molecule has 0 saturated heterocycles. The molecule has 2 saturated carbocycles. The topological polar surface area (TPSA) is 107 Å². The van der Waals surface area contributed by atoms with E-state index in [9.17, 15) is 17.6 Å². The van der Waals surface area contributed by atoms with Crippen LogP contribution >= 0.6 is 11.3 Å². The number of nitrogens with one attached hydrogen (secondary N) is 1. The fourth-order valence-corrected chi connectivity index (χ4v) is 5.60. The van der Waals surface area contributed by atoms with Gasteiger partial charge in [-0.1, -0.05) is 36.1 Å². The van der Waals surface area contributed by atoms with Crippen LogP contribution in [0.3, 0.4) is 0 Å². The molecular formula is C21H26FN3O5S2. The highest BCUT2D eigenvalue weighted by atomic mass is 32.2. The highest BCUT2D eigenvalue weighted by Crippen LogP contribution is 2.33. The molecule has 2 aromatic rings. The number of aromatic nitrogens is 1. The Morgan fingerprint density at radius 1 is 1.19 bits per heavy atom. The number of methoxy groups -OCH3 is 1. The molecule has 1 aromatic heterocycles. The molecule has 0 unspecified atom stereocenters. The van der Waals surface area contributed by atoms with Gasteiger partial charge < -0.3 is 9.57 Å². The fourth-order valence-electron chi connectivity index (χ4n) is 3.40. The van der Waals surface area contributed by atoms with Gasteiger partial charge in [-0.25, -0.2) is 13.4 Å². The Balaban J connectivity index is 0.00000289. The van der Waals surface area contributed by atoms with Crippen LogP contribution in [-0.4, -0.2) is 49.6 Å². The van der Waals surface area contributed by atoms with Crippen molar-refractivity contribution in [3.8, 4) is 0 Å². The number of anilines is 1. The number of nitrogens with zero attached hydrogens (tertiary/aromatic N) is 2. The van der Waals surface area contributed by atoms with Crippen LogP contribution < -0.4 is 5.32 Å². The van der Waals surface area contributed by atoms with Gasteiger partial charge in [0.15, 0.2) is 25.8 Å². The maximum Gasteiger partial charge on any atom is 0.280 e. The number of rotatable bonds is 8. The van der Waals surface area contributed by atoms with Gasteiger partial charge in [0, 0.05) is 19.1 Å². The minimum atomic E-state index is -3.34. The van der Waals surface area contributed by atoms with E-state index in [1.54, 1.807) is 7.11 Å². The molecule has 8 nitrogen and oxygen atoms in total. The van der Waals surface area contributed by atoms with Crippen LogP contribution in [0.5, 0.6) is 0 Å². The Bertz CT molecular complexity index is 1080. The van der Waals surface area contributed by atoms with Crippen molar-refractivity contribution in [3.05, 3.63) is 41.2 Å². The summed E-state index contributed by atoms with van der Waals surface area (Å²) >= 11 is 0.690. The van der Waals surface area contributed by atoms with Crippen molar-refractivity contribution < 1.29 is 27.2 Å². The third-order valence-electron chi connectivity index (χ3n) is 5.30. The van der Waals surface area contributed by atoms with Crippen LogP contribution in [0, 0.1) is 5.13 Å². The molecule has 1 amide bonds. The smallest absolute Gasteiger partial charge is 0.280 e. The summed E-state index contributed by atoms with van der Waals surface area (Å²) in [6.07, 6.45) is 4.47. The minimum absolute atomic E-state index is 0. The summed E-state index contributed by atoms with van der Waals surface area (Å²) in [5.41, 5.74) is 0.331. The number of benzene rings is 1. The number of thiazole rings is 1. The summed E-state index contributed by atoms with van der Waals surface area (Å²) in [4.78, 5) is 22.4. The number of hydrogen-bond acceptors (Lipinski definition) is 8. The average molecular weight is 484 g/mol. The molecule has 0 aliphatic heterocycles. The zero-order valence-electron chi connectivity index (χ0n) is 16.8. The number of halogens is 1. The second-order valence-corrected chi connectivity index (χ2v) is 10.7. The van der Waals surface area contributed by atoms with Crippen LogP contribution in [0.25, 0.3) is 0 Å². The third-order valence-corrected chi connectivity index (χ3v) is 8.27. The van der Waals surface area contributed by atoms with Gasteiger partial charge in [-0.15, -0.1) is 0 Å². The summed E-state index contributed by atoms with van der Waals surface area (Å²) < 4.78 is 43.4. The Hall–Kier alpha value is -2.37. The van der Waals surface area contributed by atoms with Gasteiger partial charge in [-0.2, -0.15) is 4.39 Å². The molecule has 1 heterocycles. The summed E-state index contributed by atoms with van der Waals surface area (Å²) in [5.74, 6) is -0.631. The predicted molar refractivity (Wildman–Crippen MR) is 120 cm³/mol. The first-order valence-corrected chi connectivity index (χ1v) is 12.3. The van der Waals surface area contributed by atoms with Gasteiger partial charge in [0.25, 0.3) is 5.91 Å². The lowest BCUT2D eigenvalue weighted by Crippen LogP contribution is -2.25. The van der Waals surface area contributed by atoms with Crippen molar-refractivity contribution in [2.24, 2.45) is 5.16 Å². The largest absolute Gasteiger partial charge is 0.392 e. The van der Waals surface area contributed by atoms with E-state index in [4.69, 9.17) is 9.57 Å². The van der Waals surface area contributed by atoms with Crippen molar-refractivity contribution >= 4 is 37.9 Å². The van der Waals surface area contributed by atoms with E-state index < -0.39 is 20.9 Å². The molecule has 2 fully saturated rings. The predicted octanol–water partition coefficient (Wildman–Crippen LogP) is 3.78. The Kier molecular flexibility index (Phi) is 7.63. The second kappa shape index (κ2) is 10.1. The van der Waals surface area contributed by atoms with E-state index >= 15 is 0 Å². The molecule has 2 atom stereocenters. The maximum absolute atomic E-state index is 13.2. The summed E-state index contributed by atoms with van der Waals surface area (Å²) in [7, 11) is -1.71. The van der Waals surface area contributed by atoms with Crippen molar-refractivity contribution in [1.29, 1.82) is 0 Å². The van der Waals surface area contributed by atoms with Crippen molar-refractivity contribution in [2.45, 2.75) is 61.9 Å². The average Bonchev–Trinajstić information content (AvgIpc) is 3.40. The zero-order chi connectivity index (χ0) is 22.0. The van der Waals surface area contributed by atoms with Gasteiger partial charge in [0.2, 0.25) is 0 Å². The first-order chi connectivity index (χ1) is 14.9. The lowest BCUT2D eigenvalue weighted by Gasteiger charge is -2.11. The number of sulfone groups is 1. The quantitative estimate of drug-likeness (QED) is 0.452. The van der Waals surface area contributed by atoms with Crippen LogP contribution in [-0.2, 0) is 24.2 Å². The van der Waals surface area contributed by atoms with Crippen molar-refractivity contribution in [2.75, 3.05) is 12.4 Å². The monoisotopic (exact) mass is 483 g/mol. The summed E-state index contributed by atoms with van der Waals surface area (Å²) in [5, 5.41) is 5.80. The molecule has 2 aliphatic carbocycles. The Morgan fingerprint density at radius 2 is 1.88 bits per heavy atom. The third kappa shape index (κ3) is 5.51. The maximum atomic E-state index is 13.2. The molecule has 1 N–H and O–H groups in total. The standard InChI is InChI=1S/C20H22FN3O5S2.CH4/c1-28-13-4-5-14(10-13)29-24-18(19(25)23-20-22-11-17(21)30-20)12-2-6-15(7-3-12)31(26,27)16-8-9-16;/h2-3,6-7,11,13-14,16H,4-5,8-10H2,1H3,(H,22,23,25);1H4/b24-18+;/t13-,14-;/m1./s1. The number of ether oxygens (including phenoxy) is 1. The van der Waals surface area contributed by atoms with E-state index in [0.717, 1.165) is 19.0 Å². The van der Waals surface area contributed by atoms with Crippen LogP contribution in [0.15, 0.2) is 40.5 Å².